The molecule has 30 heavy (non-hydrogen) atoms. The van der Waals surface area contributed by atoms with Crippen molar-refractivity contribution in [3.63, 3.8) is 0 Å². The molecule has 1 saturated heterocycles. The lowest BCUT2D eigenvalue weighted by Gasteiger charge is -2.41. The molecule has 6 nitrogen and oxygen atoms in total. The van der Waals surface area contributed by atoms with E-state index in [1.165, 1.54) is 12.1 Å². The Morgan fingerprint density at radius 2 is 2.07 bits per heavy atom. The van der Waals surface area contributed by atoms with Gasteiger partial charge in [-0.15, -0.1) is 6.58 Å². The van der Waals surface area contributed by atoms with Crippen LogP contribution in [0.5, 0.6) is 0 Å². The highest BCUT2D eigenvalue weighted by atomic mass is 19.1. The van der Waals surface area contributed by atoms with Crippen LogP contribution in [0, 0.1) is 22.9 Å². The van der Waals surface area contributed by atoms with E-state index >= 15 is 0 Å². The van der Waals surface area contributed by atoms with Crippen molar-refractivity contribution in [2.45, 2.75) is 37.6 Å². The molecule has 0 unspecified atom stereocenters. The minimum Gasteiger partial charge on any atom is -0.317 e. The van der Waals surface area contributed by atoms with Crippen molar-refractivity contribution >= 4 is 17.3 Å². The molecule has 2 aromatic rings. The van der Waals surface area contributed by atoms with Crippen molar-refractivity contribution < 1.29 is 14.1 Å². The van der Waals surface area contributed by atoms with Gasteiger partial charge in [-0.3, -0.25) is 14.9 Å². The number of hydrogen-bond donors (Lipinski definition) is 1. The van der Waals surface area contributed by atoms with Gasteiger partial charge in [-0.25, -0.2) is 4.39 Å². The standard InChI is InChI=1S/C23H24FN3O3/c1-3-4-21-23(9-11-25-12-10-23)18-14-17(24)7-8-19(18)26(21)22(28)16-6-5-15(2)20(13-16)27(29)30/h3,5-8,13-14,21,25H,1,4,9-12H2,2H3/t21-/m1/s1. The Bertz CT molecular complexity index is 1030. The number of nitro groups is 1. The van der Waals surface area contributed by atoms with Crippen LogP contribution in [0.15, 0.2) is 49.1 Å². The van der Waals surface area contributed by atoms with Crippen molar-refractivity contribution in [3.05, 3.63) is 81.7 Å². The van der Waals surface area contributed by atoms with Gasteiger partial charge in [0.2, 0.25) is 0 Å². The Balaban J connectivity index is 1.86. The molecule has 2 heterocycles. The summed E-state index contributed by atoms with van der Waals surface area (Å²) in [4.78, 5) is 26.3. The number of nitrogens with one attached hydrogen (secondary N) is 1. The second-order valence-corrected chi connectivity index (χ2v) is 8.04. The predicted molar refractivity (Wildman–Crippen MR) is 113 cm³/mol. The van der Waals surface area contributed by atoms with Gasteiger partial charge < -0.3 is 10.2 Å². The van der Waals surface area contributed by atoms with E-state index in [9.17, 15) is 19.3 Å². The Kier molecular flexibility index (Phi) is 5.15. The molecule has 1 atom stereocenters. The van der Waals surface area contributed by atoms with Gasteiger partial charge in [0.1, 0.15) is 5.82 Å². The van der Waals surface area contributed by atoms with Gasteiger partial charge in [0.15, 0.2) is 0 Å². The summed E-state index contributed by atoms with van der Waals surface area (Å²) in [5.41, 5.74) is 1.81. The lowest BCUT2D eigenvalue weighted by molar-refractivity contribution is -0.385. The quantitative estimate of drug-likeness (QED) is 0.465. The summed E-state index contributed by atoms with van der Waals surface area (Å²) >= 11 is 0. The molecule has 1 N–H and O–H groups in total. The van der Waals surface area contributed by atoms with Crippen LogP contribution in [0.25, 0.3) is 0 Å². The summed E-state index contributed by atoms with van der Waals surface area (Å²) in [5, 5.41) is 14.7. The highest BCUT2D eigenvalue weighted by Crippen LogP contribution is 2.52. The van der Waals surface area contributed by atoms with Crippen LogP contribution in [-0.4, -0.2) is 30.0 Å². The van der Waals surface area contributed by atoms with Gasteiger partial charge in [-0.05, 0) is 69.1 Å². The summed E-state index contributed by atoms with van der Waals surface area (Å²) in [5.74, 6) is -0.641. The molecule has 0 radical (unpaired) electrons. The SMILES string of the molecule is C=CC[C@H]1N(C(=O)c2ccc(C)c([N+](=O)[O-])c2)c2ccc(F)cc2C12CCNCC2. The molecule has 156 valence electrons. The minimum atomic E-state index is -0.477. The van der Waals surface area contributed by atoms with Gasteiger partial charge >= 0.3 is 0 Å². The first-order valence-electron chi connectivity index (χ1n) is 10.1. The highest BCUT2D eigenvalue weighted by molar-refractivity contribution is 6.08. The molecule has 4 rings (SSSR count). The van der Waals surface area contributed by atoms with E-state index in [2.05, 4.69) is 11.9 Å². The molecular formula is C23H24FN3O3. The first-order chi connectivity index (χ1) is 14.4. The molecule has 2 aromatic carbocycles. The first-order valence-corrected chi connectivity index (χ1v) is 10.1. The maximum Gasteiger partial charge on any atom is 0.273 e. The number of aryl methyl sites for hydroxylation is 1. The van der Waals surface area contributed by atoms with Gasteiger partial charge in [-0.2, -0.15) is 0 Å². The van der Waals surface area contributed by atoms with Gasteiger partial charge in [0.25, 0.3) is 11.6 Å². The third-order valence-corrected chi connectivity index (χ3v) is 6.46. The molecule has 0 aliphatic carbocycles. The lowest BCUT2D eigenvalue weighted by Crippen LogP contribution is -2.51. The van der Waals surface area contributed by atoms with Crippen molar-refractivity contribution in [2.24, 2.45) is 0 Å². The molecule has 1 amide bonds. The third kappa shape index (κ3) is 3.10. The summed E-state index contributed by atoms with van der Waals surface area (Å²) in [6.45, 7) is 7.08. The van der Waals surface area contributed by atoms with E-state index in [-0.39, 0.29) is 34.4 Å². The number of piperidine rings is 1. The van der Waals surface area contributed by atoms with E-state index in [1.54, 1.807) is 42.2 Å². The monoisotopic (exact) mass is 409 g/mol. The highest BCUT2D eigenvalue weighted by Gasteiger charge is 2.52. The minimum absolute atomic E-state index is 0.0868. The number of hydrogen-bond acceptors (Lipinski definition) is 4. The molecule has 1 spiro atoms. The second-order valence-electron chi connectivity index (χ2n) is 8.04. The lowest BCUT2D eigenvalue weighted by atomic mass is 9.69. The number of halogens is 1. The van der Waals surface area contributed by atoms with Crippen molar-refractivity contribution in [1.29, 1.82) is 0 Å². The number of fused-ring (bicyclic) bond motifs is 2. The Morgan fingerprint density at radius 3 is 2.73 bits per heavy atom. The van der Waals surface area contributed by atoms with Crippen LogP contribution in [0.4, 0.5) is 15.8 Å². The summed E-state index contributed by atoms with van der Waals surface area (Å²) in [6.07, 6.45) is 3.89. The fraction of sp³-hybridized carbons (Fsp3) is 0.348. The maximum atomic E-state index is 14.2. The molecule has 2 aliphatic heterocycles. The molecule has 2 aliphatic rings. The number of carbonyl (C=O) groups excluding carboxylic acids is 1. The van der Waals surface area contributed by atoms with Crippen molar-refractivity contribution in [1.82, 2.24) is 5.32 Å². The second kappa shape index (κ2) is 7.65. The van der Waals surface area contributed by atoms with Crippen LogP contribution in [0.3, 0.4) is 0 Å². The number of rotatable bonds is 4. The molecule has 7 heteroatoms. The van der Waals surface area contributed by atoms with Crippen LogP contribution in [-0.2, 0) is 5.41 Å². The van der Waals surface area contributed by atoms with Gasteiger partial charge in [0.05, 0.1) is 11.0 Å². The van der Waals surface area contributed by atoms with E-state index < -0.39 is 4.92 Å². The molecule has 0 bridgehead atoms. The summed E-state index contributed by atoms with van der Waals surface area (Å²) < 4.78 is 14.2. The van der Waals surface area contributed by atoms with Crippen molar-refractivity contribution in [2.75, 3.05) is 18.0 Å². The van der Waals surface area contributed by atoms with E-state index in [4.69, 9.17) is 0 Å². The van der Waals surface area contributed by atoms with E-state index in [0.29, 0.717) is 17.7 Å². The Hall–Kier alpha value is -3.06. The summed E-state index contributed by atoms with van der Waals surface area (Å²) in [7, 11) is 0. The summed E-state index contributed by atoms with van der Waals surface area (Å²) in [6, 6.07) is 8.88. The maximum absolute atomic E-state index is 14.2. The number of nitrogens with zero attached hydrogens (tertiary/aromatic N) is 2. The van der Waals surface area contributed by atoms with Crippen molar-refractivity contribution in [3.8, 4) is 0 Å². The topological polar surface area (TPSA) is 75.5 Å². The fourth-order valence-electron chi connectivity index (χ4n) is 5.01. The van der Waals surface area contributed by atoms with Crippen LogP contribution >= 0.6 is 0 Å². The predicted octanol–water partition coefficient (Wildman–Crippen LogP) is 4.27. The largest absolute Gasteiger partial charge is 0.317 e. The van der Waals surface area contributed by atoms with Crippen LogP contribution < -0.4 is 10.2 Å². The number of carbonyl (C=O) groups is 1. The number of anilines is 1. The third-order valence-electron chi connectivity index (χ3n) is 6.46. The Morgan fingerprint density at radius 1 is 1.33 bits per heavy atom. The van der Waals surface area contributed by atoms with E-state index in [1.807, 2.05) is 0 Å². The zero-order valence-corrected chi connectivity index (χ0v) is 16.9. The Labute approximate surface area is 174 Å². The fourth-order valence-corrected chi connectivity index (χ4v) is 5.01. The van der Waals surface area contributed by atoms with Gasteiger partial charge in [-0.1, -0.05) is 12.1 Å². The molecule has 1 fully saturated rings. The normalized spacial score (nSPS) is 19.5. The number of nitro benzene ring substituents is 1. The number of amides is 1. The molecule has 0 aromatic heterocycles. The zero-order chi connectivity index (χ0) is 21.5. The van der Waals surface area contributed by atoms with Gasteiger partial charge in [0, 0.05) is 28.3 Å². The zero-order valence-electron chi connectivity index (χ0n) is 16.9. The van der Waals surface area contributed by atoms with Crippen LogP contribution in [0.2, 0.25) is 0 Å². The average molecular weight is 409 g/mol. The molecule has 0 saturated carbocycles. The first kappa shape index (κ1) is 20.2. The van der Waals surface area contributed by atoms with E-state index in [0.717, 1.165) is 31.5 Å². The molecular weight excluding hydrogens is 385 g/mol. The smallest absolute Gasteiger partial charge is 0.273 e. The van der Waals surface area contributed by atoms with Crippen LogP contribution in [0.1, 0.15) is 40.7 Å². The average Bonchev–Trinajstić information content (AvgIpc) is 2.97. The number of benzene rings is 2.